The van der Waals surface area contributed by atoms with Gasteiger partial charge in [-0.25, -0.2) is 0 Å². The number of benzene rings is 1. The van der Waals surface area contributed by atoms with E-state index in [0.717, 1.165) is 37.8 Å². The van der Waals surface area contributed by atoms with Crippen LogP contribution in [-0.2, 0) is 6.54 Å². The Morgan fingerprint density at radius 2 is 1.95 bits per heavy atom. The van der Waals surface area contributed by atoms with Crippen LogP contribution in [0.5, 0.6) is 5.75 Å². The first-order valence-corrected chi connectivity index (χ1v) is 7.64. The fourth-order valence-corrected chi connectivity index (χ4v) is 2.23. The van der Waals surface area contributed by atoms with Crippen LogP contribution in [0.1, 0.15) is 32.3 Å². The van der Waals surface area contributed by atoms with Gasteiger partial charge in [0.2, 0.25) is 0 Å². The zero-order valence-electron chi connectivity index (χ0n) is 13.5. The molecule has 0 saturated heterocycles. The van der Waals surface area contributed by atoms with Gasteiger partial charge in [-0.05, 0) is 51.5 Å². The molecule has 114 valence electrons. The monoisotopic (exact) mass is 278 g/mol. The van der Waals surface area contributed by atoms with Crippen molar-refractivity contribution in [2.75, 3.05) is 33.8 Å². The molecule has 1 N–H and O–H groups in total. The van der Waals surface area contributed by atoms with Crippen LogP contribution in [0.2, 0.25) is 0 Å². The standard InChI is InChI=1S/C17H30N2O/c1-15(2)13-18-11-7-8-12-19(3)14-16-9-5-6-10-17(16)20-4/h5-6,9-10,15,18H,7-8,11-14H2,1-4H3. The molecule has 0 atom stereocenters. The number of hydrogen-bond acceptors (Lipinski definition) is 3. The minimum absolute atomic E-state index is 0.739. The lowest BCUT2D eigenvalue weighted by molar-refractivity contribution is 0.309. The highest BCUT2D eigenvalue weighted by atomic mass is 16.5. The van der Waals surface area contributed by atoms with Crippen molar-refractivity contribution >= 4 is 0 Å². The van der Waals surface area contributed by atoms with Crippen LogP contribution in [0.3, 0.4) is 0 Å². The molecule has 0 aliphatic carbocycles. The second-order valence-corrected chi connectivity index (χ2v) is 5.85. The Kier molecular flexibility index (Phi) is 8.31. The number of rotatable bonds is 10. The van der Waals surface area contributed by atoms with Gasteiger partial charge >= 0.3 is 0 Å². The molecule has 1 aromatic carbocycles. The van der Waals surface area contributed by atoms with Gasteiger partial charge in [-0.2, -0.15) is 0 Å². The van der Waals surface area contributed by atoms with Crippen molar-refractivity contribution in [3.63, 3.8) is 0 Å². The summed E-state index contributed by atoms with van der Waals surface area (Å²) >= 11 is 0. The smallest absolute Gasteiger partial charge is 0.123 e. The summed E-state index contributed by atoms with van der Waals surface area (Å²) < 4.78 is 5.39. The van der Waals surface area contributed by atoms with Gasteiger partial charge in [-0.3, -0.25) is 0 Å². The molecule has 0 unspecified atom stereocenters. The van der Waals surface area contributed by atoms with Crippen molar-refractivity contribution in [3.05, 3.63) is 29.8 Å². The first kappa shape index (κ1) is 17.0. The van der Waals surface area contributed by atoms with E-state index in [0.29, 0.717) is 0 Å². The van der Waals surface area contributed by atoms with Gasteiger partial charge in [0.25, 0.3) is 0 Å². The van der Waals surface area contributed by atoms with Crippen LogP contribution in [0, 0.1) is 5.92 Å². The molecule has 1 rings (SSSR count). The Hall–Kier alpha value is -1.06. The van der Waals surface area contributed by atoms with Gasteiger partial charge in [-0.1, -0.05) is 32.0 Å². The van der Waals surface area contributed by atoms with E-state index in [9.17, 15) is 0 Å². The van der Waals surface area contributed by atoms with Crippen LogP contribution >= 0.6 is 0 Å². The van der Waals surface area contributed by atoms with Gasteiger partial charge in [0.15, 0.2) is 0 Å². The second kappa shape index (κ2) is 9.78. The van der Waals surface area contributed by atoms with Crippen molar-refractivity contribution in [2.24, 2.45) is 5.92 Å². The number of hydrogen-bond donors (Lipinski definition) is 1. The van der Waals surface area contributed by atoms with Crippen LogP contribution in [0.25, 0.3) is 0 Å². The van der Waals surface area contributed by atoms with Crippen molar-refractivity contribution in [3.8, 4) is 5.75 Å². The molecule has 3 heteroatoms. The van der Waals surface area contributed by atoms with E-state index in [-0.39, 0.29) is 0 Å². The Balaban J connectivity index is 2.18. The lowest BCUT2D eigenvalue weighted by Crippen LogP contribution is -2.23. The average Bonchev–Trinajstić information content (AvgIpc) is 2.43. The molecule has 3 nitrogen and oxygen atoms in total. The van der Waals surface area contributed by atoms with Crippen LogP contribution in [-0.4, -0.2) is 38.7 Å². The third-order valence-corrected chi connectivity index (χ3v) is 3.33. The molecule has 20 heavy (non-hydrogen) atoms. The molecule has 0 amide bonds. The quantitative estimate of drug-likeness (QED) is 0.665. The van der Waals surface area contributed by atoms with E-state index in [1.54, 1.807) is 7.11 Å². The first-order chi connectivity index (χ1) is 9.63. The normalized spacial score (nSPS) is 11.3. The summed E-state index contributed by atoms with van der Waals surface area (Å²) in [6.45, 7) is 8.81. The highest BCUT2D eigenvalue weighted by Crippen LogP contribution is 2.18. The predicted molar refractivity (Wildman–Crippen MR) is 86.3 cm³/mol. The van der Waals surface area contributed by atoms with Crippen molar-refractivity contribution in [1.82, 2.24) is 10.2 Å². The molecule has 0 fully saturated rings. The van der Waals surface area contributed by atoms with E-state index in [2.05, 4.69) is 43.2 Å². The maximum absolute atomic E-state index is 5.39. The predicted octanol–water partition coefficient (Wildman–Crippen LogP) is 3.15. The third kappa shape index (κ3) is 6.92. The molecule has 0 aliphatic heterocycles. The fraction of sp³-hybridized carbons (Fsp3) is 0.647. The number of nitrogens with one attached hydrogen (secondary N) is 1. The number of methoxy groups -OCH3 is 1. The van der Waals surface area contributed by atoms with E-state index >= 15 is 0 Å². The summed E-state index contributed by atoms with van der Waals surface area (Å²) in [4.78, 5) is 2.36. The van der Waals surface area contributed by atoms with Gasteiger partial charge < -0.3 is 15.0 Å². The first-order valence-electron chi connectivity index (χ1n) is 7.64. The number of ether oxygens (including phenoxy) is 1. The molecule has 0 spiro atoms. The second-order valence-electron chi connectivity index (χ2n) is 5.85. The topological polar surface area (TPSA) is 24.5 Å². The summed E-state index contributed by atoms with van der Waals surface area (Å²) in [7, 11) is 3.91. The molecule has 0 bridgehead atoms. The van der Waals surface area contributed by atoms with E-state index in [4.69, 9.17) is 4.74 Å². The molecule has 0 heterocycles. The Morgan fingerprint density at radius 3 is 2.65 bits per heavy atom. The lowest BCUT2D eigenvalue weighted by Gasteiger charge is -2.18. The van der Waals surface area contributed by atoms with E-state index < -0.39 is 0 Å². The minimum Gasteiger partial charge on any atom is -0.496 e. The summed E-state index contributed by atoms with van der Waals surface area (Å²) in [5.74, 6) is 1.72. The van der Waals surface area contributed by atoms with Gasteiger partial charge in [0, 0.05) is 12.1 Å². The zero-order chi connectivity index (χ0) is 14.8. The van der Waals surface area contributed by atoms with Crippen LogP contribution < -0.4 is 10.1 Å². The van der Waals surface area contributed by atoms with Gasteiger partial charge in [0.1, 0.15) is 5.75 Å². The van der Waals surface area contributed by atoms with Crippen LogP contribution in [0.4, 0.5) is 0 Å². The summed E-state index contributed by atoms with van der Waals surface area (Å²) in [5, 5.41) is 3.49. The Labute approximate surface area is 124 Å². The summed E-state index contributed by atoms with van der Waals surface area (Å²) in [6.07, 6.45) is 2.47. The lowest BCUT2D eigenvalue weighted by atomic mass is 10.2. The van der Waals surface area contributed by atoms with Crippen molar-refractivity contribution < 1.29 is 4.74 Å². The molecular weight excluding hydrogens is 248 g/mol. The number of para-hydroxylation sites is 1. The summed E-state index contributed by atoms with van der Waals surface area (Å²) in [5.41, 5.74) is 1.26. The molecular formula is C17H30N2O. The maximum Gasteiger partial charge on any atom is 0.123 e. The highest BCUT2D eigenvalue weighted by Gasteiger charge is 2.05. The van der Waals surface area contributed by atoms with E-state index in [1.807, 2.05) is 12.1 Å². The molecule has 0 aliphatic rings. The Bertz CT molecular complexity index is 366. The number of unbranched alkanes of at least 4 members (excludes halogenated alkanes) is 1. The van der Waals surface area contributed by atoms with Crippen molar-refractivity contribution in [1.29, 1.82) is 0 Å². The van der Waals surface area contributed by atoms with Gasteiger partial charge in [0.05, 0.1) is 7.11 Å². The maximum atomic E-state index is 5.39. The largest absolute Gasteiger partial charge is 0.496 e. The van der Waals surface area contributed by atoms with Crippen molar-refractivity contribution in [2.45, 2.75) is 33.2 Å². The molecule has 0 saturated carbocycles. The molecule has 0 aromatic heterocycles. The van der Waals surface area contributed by atoms with Gasteiger partial charge in [-0.15, -0.1) is 0 Å². The van der Waals surface area contributed by atoms with E-state index in [1.165, 1.54) is 18.4 Å². The average molecular weight is 278 g/mol. The highest BCUT2D eigenvalue weighted by molar-refractivity contribution is 5.32. The van der Waals surface area contributed by atoms with Crippen LogP contribution in [0.15, 0.2) is 24.3 Å². The SMILES string of the molecule is COc1ccccc1CN(C)CCCCNCC(C)C. The minimum atomic E-state index is 0.739. The summed E-state index contributed by atoms with van der Waals surface area (Å²) in [6, 6.07) is 8.25. The zero-order valence-corrected chi connectivity index (χ0v) is 13.5. The number of nitrogens with zero attached hydrogens (tertiary/aromatic N) is 1. The molecule has 0 radical (unpaired) electrons. The third-order valence-electron chi connectivity index (χ3n) is 3.33. The molecule has 1 aromatic rings. The fourth-order valence-electron chi connectivity index (χ4n) is 2.23. The Morgan fingerprint density at radius 1 is 1.20 bits per heavy atom.